The van der Waals surface area contributed by atoms with Crippen LogP contribution in [0.4, 0.5) is 5.69 Å². The molecule has 5 heteroatoms. The first-order valence-electron chi connectivity index (χ1n) is 9.76. The molecule has 0 aliphatic rings. The Labute approximate surface area is 162 Å². The van der Waals surface area contributed by atoms with Crippen LogP contribution >= 0.6 is 0 Å². The number of aryl methyl sites for hydroxylation is 1. The molecule has 0 aliphatic carbocycles. The van der Waals surface area contributed by atoms with Crippen molar-refractivity contribution in [2.24, 2.45) is 0 Å². The minimum absolute atomic E-state index is 0.0571. The van der Waals surface area contributed by atoms with Gasteiger partial charge in [0.25, 0.3) is 5.56 Å². The zero-order valence-electron chi connectivity index (χ0n) is 17.2. The first-order valence-corrected chi connectivity index (χ1v) is 9.76. The summed E-state index contributed by atoms with van der Waals surface area (Å²) in [6.45, 7) is 11.7. The van der Waals surface area contributed by atoms with Gasteiger partial charge in [0.15, 0.2) is 0 Å². The summed E-state index contributed by atoms with van der Waals surface area (Å²) in [7, 11) is 1.81. The number of nitrogens with one attached hydrogen (secondary N) is 1. The summed E-state index contributed by atoms with van der Waals surface area (Å²) in [6, 6.07) is 5.42. The second-order valence-electron chi connectivity index (χ2n) is 6.97. The third-order valence-electron chi connectivity index (χ3n) is 4.58. The van der Waals surface area contributed by atoms with Gasteiger partial charge < -0.3 is 5.32 Å². The van der Waals surface area contributed by atoms with E-state index in [4.69, 9.17) is 0 Å². The first-order chi connectivity index (χ1) is 13.0. The van der Waals surface area contributed by atoms with Crippen molar-refractivity contribution in [1.29, 1.82) is 0 Å². The molecule has 2 aromatic heterocycles. The lowest BCUT2D eigenvalue weighted by atomic mass is 10.1. The molecular formula is C22H32N4O. The van der Waals surface area contributed by atoms with Crippen molar-refractivity contribution in [3.05, 3.63) is 57.8 Å². The highest BCUT2D eigenvalue weighted by molar-refractivity contribution is 5.64. The molecule has 146 valence electrons. The Bertz CT molecular complexity index is 832. The average Bonchev–Trinajstić information content (AvgIpc) is 2.64. The highest BCUT2D eigenvalue weighted by Gasteiger charge is 2.10. The third-order valence-corrected chi connectivity index (χ3v) is 4.58. The summed E-state index contributed by atoms with van der Waals surface area (Å²) in [5.41, 5.74) is 4.82. The summed E-state index contributed by atoms with van der Waals surface area (Å²) >= 11 is 0. The van der Waals surface area contributed by atoms with Gasteiger partial charge in [-0.15, -0.1) is 0 Å². The summed E-state index contributed by atoms with van der Waals surface area (Å²) in [6.07, 6.45) is 8.05. The highest BCUT2D eigenvalue weighted by atomic mass is 16.1. The molecule has 0 atom stereocenters. The number of anilines is 1. The number of rotatable bonds is 9. The molecule has 0 spiro atoms. The van der Waals surface area contributed by atoms with E-state index in [2.05, 4.69) is 42.0 Å². The van der Waals surface area contributed by atoms with Crippen molar-refractivity contribution in [3.8, 4) is 5.69 Å². The van der Waals surface area contributed by atoms with E-state index in [-0.39, 0.29) is 5.56 Å². The van der Waals surface area contributed by atoms with Crippen molar-refractivity contribution < 1.29 is 0 Å². The van der Waals surface area contributed by atoms with E-state index in [1.807, 2.05) is 32.3 Å². The van der Waals surface area contributed by atoms with Crippen LogP contribution in [0.15, 0.2) is 41.0 Å². The van der Waals surface area contributed by atoms with E-state index in [1.54, 1.807) is 16.8 Å². The maximum absolute atomic E-state index is 12.6. The second-order valence-corrected chi connectivity index (χ2v) is 6.97. The van der Waals surface area contributed by atoms with Gasteiger partial charge in [0.1, 0.15) is 0 Å². The Morgan fingerprint density at radius 1 is 1.26 bits per heavy atom. The summed E-state index contributed by atoms with van der Waals surface area (Å²) in [5, 5.41) is 3.01. The third kappa shape index (κ3) is 5.54. The molecule has 2 rings (SSSR count). The normalized spacial score (nSPS) is 11.9. The Balaban J connectivity index is 2.41. The lowest BCUT2D eigenvalue weighted by molar-refractivity contribution is 0.298. The Morgan fingerprint density at radius 2 is 1.96 bits per heavy atom. The molecule has 27 heavy (non-hydrogen) atoms. The van der Waals surface area contributed by atoms with E-state index < -0.39 is 0 Å². The lowest BCUT2D eigenvalue weighted by Crippen LogP contribution is -2.27. The van der Waals surface area contributed by atoms with Gasteiger partial charge in [-0.3, -0.25) is 19.2 Å². The smallest absolute Gasteiger partial charge is 0.257 e. The molecular weight excluding hydrogens is 336 g/mol. The fraction of sp³-hybridized carbons (Fsp3) is 0.455. The quantitative estimate of drug-likeness (QED) is 0.724. The van der Waals surface area contributed by atoms with Crippen molar-refractivity contribution in [1.82, 2.24) is 14.5 Å². The van der Waals surface area contributed by atoms with Crippen LogP contribution in [0.5, 0.6) is 0 Å². The molecule has 0 saturated carbocycles. The van der Waals surface area contributed by atoms with Gasteiger partial charge in [-0.2, -0.15) is 0 Å². The van der Waals surface area contributed by atoms with Crippen LogP contribution in [-0.4, -0.2) is 41.1 Å². The zero-order valence-corrected chi connectivity index (χ0v) is 17.2. The lowest BCUT2D eigenvalue weighted by Gasteiger charge is -2.21. The number of hydrogen-bond donors (Lipinski definition) is 1. The molecule has 2 heterocycles. The largest absolute Gasteiger partial charge is 0.388 e. The van der Waals surface area contributed by atoms with Crippen LogP contribution in [0.1, 0.15) is 44.9 Å². The molecule has 0 unspecified atom stereocenters. The topological polar surface area (TPSA) is 50.2 Å². The van der Waals surface area contributed by atoms with Crippen LogP contribution < -0.4 is 10.9 Å². The van der Waals surface area contributed by atoms with Crippen molar-refractivity contribution in [3.63, 3.8) is 0 Å². The Hall–Kier alpha value is -2.40. The number of pyridine rings is 2. The molecule has 0 aromatic carbocycles. The minimum Gasteiger partial charge on any atom is -0.388 e. The molecule has 0 aliphatic heterocycles. The molecule has 1 N–H and O–H groups in total. The first kappa shape index (κ1) is 20.9. The average molecular weight is 369 g/mol. The van der Waals surface area contributed by atoms with Crippen LogP contribution in [0.25, 0.3) is 11.8 Å². The van der Waals surface area contributed by atoms with E-state index in [0.29, 0.717) is 0 Å². The standard InChI is InChI=1S/C22H32N4O/c1-6-11-25(12-7-2)16-17(3)14-20-18(4)24-10-8-21(20)26-13-9-19(23-5)15-22(26)27/h8-10,13-15,23H,6-7,11-12,16H2,1-5H3/b17-14+. The molecule has 0 bridgehead atoms. The van der Waals surface area contributed by atoms with E-state index >= 15 is 0 Å². The summed E-state index contributed by atoms with van der Waals surface area (Å²) in [5.74, 6) is 0. The van der Waals surface area contributed by atoms with Crippen LogP contribution in [0, 0.1) is 6.92 Å². The van der Waals surface area contributed by atoms with E-state index in [0.717, 1.165) is 55.1 Å². The SMILES string of the molecule is CCCN(CCC)C/C(C)=C/c1c(-n2ccc(NC)cc2=O)ccnc1C. The maximum Gasteiger partial charge on any atom is 0.257 e. The number of nitrogens with zero attached hydrogens (tertiary/aromatic N) is 3. The zero-order chi connectivity index (χ0) is 19.8. The van der Waals surface area contributed by atoms with Gasteiger partial charge in [0, 0.05) is 49.0 Å². The number of aromatic nitrogens is 2. The van der Waals surface area contributed by atoms with Crippen molar-refractivity contribution >= 4 is 11.8 Å². The number of hydrogen-bond acceptors (Lipinski definition) is 4. The van der Waals surface area contributed by atoms with Crippen LogP contribution in [0.2, 0.25) is 0 Å². The van der Waals surface area contributed by atoms with Gasteiger partial charge in [0.05, 0.1) is 5.69 Å². The van der Waals surface area contributed by atoms with E-state index in [1.165, 1.54) is 5.57 Å². The minimum atomic E-state index is -0.0571. The summed E-state index contributed by atoms with van der Waals surface area (Å²) < 4.78 is 1.69. The molecule has 2 aromatic rings. The van der Waals surface area contributed by atoms with Gasteiger partial charge in [0.2, 0.25) is 0 Å². The van der Waals surface area contributed by atoms with Crippen molar-refractivity contribution in [2.45, 2.75) is 40.5 Å². The second kappa shape index (κ2) is 10.1. The summed E-state index contributed by atoms with van der Waals surface area (Å²) in [4.78, 5) is 19.5. The van der Waals surface area contributed by atoms with Gasteiger partial charge in [-0.05, 0) is 51.9 Å². The highest BCUT2D eigenvalue weighted by Crippen LogP contribution is 2.20. The van der Waals surface area contributed by atoms with Gasteiger partial charge in [-0.1, -0.05) is 25.5 Å². The molecule has 0 radical (unpaired) electrons. The van der Waals surface area contributed by atoms with Gasteiger partial charge in [-0.25, -0.2) is 0 Å². The predicted octanol–water partition coefficient (Wildman–Crippen LogP) is 4.11. The molecule has 5 nitrogen and oxygen atoms in total. The Kier molecular flexibility index (Phi) is 7.80. The van der Waals surface area contributed by atoms with Crippen molar-refractivity contribution in [2.75, 3.05) is 32.0 Å². The van der Waals surface area contributed by atoms with Gasteiger partial charge >= 0.3 is 0 Å². The monoisotopic (exact) mass is 368 g/mol. The fourth-order valence-electron chi connectivity index (χ4n) is 3.33. The maximum atomic E-state index is 12.6. The fourth-order valence-corrected chi connectivity index (χ4v) is 3.33. The Morgan fingerprint density at radius 3 is 2.56 bits per heavy atom. The predicted molar refractivity (Wildman–Crippen MR) is 115 cm³/mol. The molecule has 0 fully saturated rings. The molecule has 0 saturated heterocycles. The molecule has 0 amide bonds. The van der Waals surface area contributed by atoms with E-state index in [9.17, 15) is 4.79 Å². The van der Waals surface area contributed by atoms with Crippen LogP contribution in [-0.2, 0) is 0 Å². The van der Waals surface area contributed by atoms with Crippen LogP contribution in [0.3, 0.4) is 0 Å².